The smallest absolute Gasteiger partial charge is 0.345 e. The molecule has 0 spiro atoms. The van der Waals surface area contributed by atoms with Crippen LogP contribution in [0.5, 0.6) is 23.0 Å². The summed E-state index contributed by atoms with van der Waals surface area (Å²) in [5.74, 6) is 1.18. The number of benzene rings is 3. The molecule has 0 heterocycles. The van der Waals surface area contributed by atoms with Gasteiger partial charge in [0.05, 0.1) is 7.11 Å². The molecule has 0 saturated heterocycles. The Morgan fingerprint density at radius 2 is 1.64 bits per heavy atom. The summed E-state index contributed by atoms with van der Waals surface area (Å²) >= 11 is 6.12. The number of carboxylic acids is 1. The van der Waals surface area contributed by atoms with Crippen molar-refractivity contribution in [1.29, 1.82) is 0 Å². The van der Waals surface area contributed by atoms with Crippen molar-refractivity contribution in [1.82, 2.24) is 0 Å². The molecule has 3 rings (SSSR count). The summed E-state index contributed by atoms with van der Waals surface area (Å²) in [6.45, 7) is 0. The normalized spacial score (nSPS) is 11.5. The van der Waals surface area contributed by atoms with Crippen molar-refractivity contribution >= 4 is 17.6 Å². The fraction of sp³-hybridized carbons (Fsp3) is 0.136. The van der Waals surface area contributed by atoms with E-state index < -0.39 is 12.1 Å². The zero-order chi connectivity index (χ0) is 19.9. The van der Waals surface area contributed by atoms with E-state index in [4.69, 9.17) is 25.8 Å². The summed E-state index contributed by atoms with van der Waals surface area (Å²) in [6, 6.07) is 21.1. The first kappa shape index (κ1) is 19.6. The second-order valence-corrected chi connectivity index (χ2v) is 6.43. The van der Waals surface area contributed by atoms with Crippen LogP contribution in [0.4, 0.5) is 0 Å². The van der Waals surface area contributed by atoms with Crippen LogP contribution in [-0.2, 0) is 11.2 Å². The minimum absolute atomic E-state index is 0.0874. The molecule has 28 heavy (non-hydrogen) atoms. The number of aliphatic carboxylic acids is 1. The van der Waals surface area contributed by atoms with E-state index in [0.29, 0.717) is 33.6 Å². The lowest BCUT2D eigenvalue weighted by molar-refractivity contribution is -0.145. The van der Waals surface area contributed by atoms with E-state index in [2.05, 4.69) is 0 Å². The highest BCUT2D eigenvalue weighted by atomic mass is 35.5. The van der Waals surface area contributed by atoms with E-state index in [-0.39, 0.29) is 6.42 Å². The van der Waals surface area contributed by atoms with Crippen LogP contribution in [0.15, 0.2) is 72.8 Å². The Balaban J connectivity index is 1.82. The fourth-order valence-electron chi connectivity index (χ4n) is 2.62. The fourth-order valence-corrected chi connectivity index (χ4v) is 2.81. The van der Waals surface area contributed by atoms with Crippen LogP contribution < -0.4 is 14.2 Å². The van der Waals surface area contributed by atoms with Gasteiger partial charge in [-0.1, -0.05) is 29.8 Å². The van der Waals surface area contributed by atoms with Gasteiger partial charge in [0, 0.05) is 17.0 Å². The topological polar surface area (TPSA) is 65.0 Å². The average Bonchev–Trinajstić information content (AvgIpc) is 2.70. The van der Waals surface area contributed by atoms with Crippen LogP contribution in [0, 0.1) is 0 Å². The van der Waals surface area contributed by atoms with Crippen LogP contribution in [0.2, 0.25) is 5.02 Å². The largest absolute Gasteiger partial charge is 0.497 e. The molecule has 0 aliphatic heterocycles. The molecule has 0 radical (unpaired) electrons. The van der Waals surface area contributed by atoms with Gasteiger partial charge in [0.1, 0.15) is 23.0 Å². The Hall–Kier alpha value is -3.18. The van der Waals surface area contributed by atoms with Crippen molar-refractivity contribution in [2.75, 3.05) is 7.11 Å². The maximum atomic E-state index is 11.8. The van der Waals surface area contributed by atoms with Crippen molar-refractivity contribution in [2.45, 2.75) is 12.5 Å². The van der Waals surface area contributed by atoms with Gasteiger partial charge in [-0.2, -0.15) is 0 Å². The van der Waals surface area contributed by atoms with E-state index in [0.717, 1.165) is 0 Å². The zero-order valence-corrected chi connectivity index (χ0v) is 15.9. The van der Waals surface area contributed by atoms with E-state index >= 15 is 0 Å². The first-order valence-corrected chi connectivity index (χ1v) is 8.98. The van der Waals surface area contributed by atoms with Crippen LogP contribution >= 0.6 is 11.6 Å². The molecule has 0 aromatic heterocycles. The number of ether oxygens (including phenoxy) is 3. The summed E-state index contributed by atoms with van der Waals surface area (Å²) in [5.41, 5.74) is 0.636. The third-order valence-corrected chi connectivity index (χ3v) is 4.25. The Bertz CT molecular complexity index is 925. The van der Waals surface area contributed by atoms with Gasteiger partial charge < -0.3 is 19.3 Å². The molecular weight excluding hydrogens is 380 g/mol. The van der Waals surface area contributed by atoms with Gasteiger partial charge in [-0.15, -0.1) is 0 Å². The van der Waals surface area contributed by atoms with Crippen molar-refractivity contribution < 1.29 is 24.1 Å². The number of carboxylic acid groups (broad SMARTS) is 1. The van der Waals surface area contributed by atoms with Crippen LogP contribution in [0.3, 0.4) is 0 Å². The summed E-state index contributed by atoms with van der Waals surface area (Å²) in [4.78, 5) is 11.8. The monoisotopic (exact) mass is 398 g/mol. The third-order valence-electron chi connectivity index (χ3n) is 4.01. The molecule has 0 aliphatic carbocycles. The summed E-state index contributed by atoms with van der Waals surface area (Å²) in [5, 5.41) is 10.1. The molecule has 0 bridgehead atoms. The van der Waals surface area contributed by atoms with Crippen LogP contribution in [0.1, 0.15) is 5.56 Å². The summed E-state index contributed by atoms with van der Waals surface area (Å²) in [6.07, 6.45) is -1.02. The zero-order valence-electron chi connectivity index (χ0n) is 15.2. The van der Waals surface area contributed by atoms with Crippen LogP contribution in [0.25, 0.3) is 0 Å². The number of rotatable bonds is 8. The highest BCUT2D eigenvalue weighted by Gasteiger charge is 2.22. The molecule has 3 aromatic carbocycles. The summed E-state index contributed by atoms with van der Waals surface area (Å²) in [7, 11) is 1.56. The predicted molar refractivity (Wildman–Crippen MR) is 107 cm³/mol. The third kappa shape index (κ3) is 5.18. The molecule has 0 aliphatic rings. The first-order chi connectivity index (χ1) is 13.5. The Morgan fingerprint density at radius 1 is 0.964 bits per heavy atom. The second-order valence-electron chi connectivity index (χ2n) is 5.99. The van der Waals surface area contributed by atoms with Crippen molar-refractivity contribution in [3.05, 3.63) is 83.4 Å². The highest BCUT2D eigenvalue weighted by molar-refractivity contribution is 6.30. The van der Waals surface area contributed by atoms with Gasteiger partial charge in [-0.25, -0.2) is 4.79 Å². The van der Waals surface area contributed by atoms with E-state index in [1.165, 1.54) is 0 Å². The van der Waals surface area contributed by atoms with E-state index in [1.54, 1.807) is 49.6 Å². The molecule has 1 N–H and O–H groups in total. The number of hydrogen-bond donors (Lipinski definition) is 1. The van der Waals surface area contributed by atoms with Gasteiger partial charge in [0.2, 0.25) is 0 Å². The minimum atomic E-state index is -1.11. The molecular formula is C22H19ClO5. The maximum absolute atomic E-state index is 11.8. The quantitative estimate of drug-likeness (QED) is 0.563. The molecule has 6 heteroatoms. The number of halogens is 1. The highest BCUT2D eigenvalue weighted by Crippen LogP contribution is 2.30. The number of para-hydroxylation sites is 1. The van der Waals surface area contributed by atoms with E-state index in [1.807, 2.05) is 30.3 Å². The molecule has 1 atom stereocenters. The van der Waals surface area contributed by atoms with Crippen molar-refractivity contribution in [3.63, 3.8) is 0 Å². The van der Waals surface area contributed by atoms with E-state index in [9.17, 15) is 9.90 Å². The van der Waals surface area contributed by atoms with Crippen molar-refractivity contribution in [2.24, 2.45) is 0 Å². The summed E-state index contributed by atoms with van der Waals surface area (Å²) < 4.78 is 16.7. The van der Waals surface area contributed by atoms with Gasteiger partial charge in [0.25, 0.3) is 0 Å². The molecule has 0 fully saturated rings. The Kier molecular flexibility index (Phi) is 6.40. The molecule has 0 unspecified atom stereocenters. The SMILES string of the molecule is COc1ccc(O[C@H](Cc2cc(Cl)ccc2Oc2ccccc2)C(=O)O)cc1. The number of hydrogen-bond acceptors (Lipinski definition) is 4. The lowest BCUT2D eigenvalue weighted by Crippen LogP contribution is -2.29. The van der Waals surface area contributed by atoms with Crippen molar-refractivity contribution in [3.8, 4) is 23.0 Å². The number of methoxy groups -OCH3 is 1. The van der Waals surface area contributed by atoms with Gasteiger partial charge in [-0.3, -0.25) is 0 Å². The first-order valence-electron chi connectivity index (χ1n) is 8.60. The molecule has 0 saturated carbocycles. The van der Waals surface area contributed by atoms with Gasteiger partial charge >= 0.3 is 5.97 Å². The number of carbonyl (C=O) groups is 1. The van der Waals surface area contributed by atoms with Crippen LogP contribution in [-0.4, -0.2) is 24.3 Å². The molecule has 3 aromatic rings. The molecule has 5 nitrogen and oxygen atoms in total. The van der Waals surface area contributed by atoms with Gasteiger partial charge in [0.15, 0.2) is 6.10 Å². The second kappa shape index (κ2) is 9.15. The lowest BCUT2D eigenvalue weighted by Gasteiger charge is -2.18. The average molecular weight is 399 g/mol. The minimum Gasteiger partial charge on any atom is -0.497 e. The standard InChI is InChI=1S/C22H19ClO5/c1-26-17-8-10-19(11-9-17)28-21(22(24)25)14-15-13-16(23)7-12-20(15)27-18-5-3-2-4-6-18/h2-13,21H,14H2,1H3,(H,24,25)/t21-/m1/s1. The van der Waals surface area contributed by atoms with Gasteiger partial charge in [-0.05, 0) is 54.6 Å². The molecule has 0 amide bonds. The molecule has 144 valence electrons. The Labute approximate surface area is 168 Å². The Morgan fingerprint density at radius 3 is 2.29 bits per heavy atom. The maximum Gasteiger partial charge on any atom is 0.345 e. The lowest BCUT2D eigenvalue weighted by atomic mass is 10.1. The predicted octanol–water partition coefficient (Wildman–Crippen LogP) is 5.22.